The second kappa shape index (κ2) is 11.8. The van der Waals surface area contributed by atoms with Gasteiger partial charge in [0.1, 0.15) is 18.0 Å². The van der Waals surface area contributed by atoms with E-state index >= 15 is 0 Å². The van der Waals surface area contributed by atoms with Gasteiger partial charge in [0.05, 0.1) is 16.9 Å². The molecule has 1 unspecified atom stereocenters. The third-order valence-electron chi connectivity index (χ3n) is 7.45. The van der Waals surface area contributed by atoms with Gasteiger partial charge in [-0.2, -0.15) is 0 Å². The molecule has 2 aliphatic heterocycles. The lowest BCUT2D eigenvalue weighted by molar-refractivity contribution is -0.111. The molecule has 2 saturated heterocycles. The summed E-state index contributed by atoms with van der Waals surface area (Å²) >= 11 is 5.49. The fraction of sp³-hybridized carbons (Fsp3) is 0.393. The first-order chi connectivity index (χ1) is 18.4. The van der Waals surface area contributed by atoms with E-state index in [1.54, 1.807) is 18.2 Å². The van der Waals surface area contributed by atoms with Crippen LogP contribution in [0.1, 0.15) is 24.8 Å². The fourth-order valence-corrected chi connectivity index (χ4v) is 6.45. The van der Waals surface area contributed by atoms with Gasteiger partial charge >= 0.3 is 0 Å². The number of benzene rings is 2. The van der Waals surface area contributed by atoms with Crippen LogP contribution >= 0.6 is 38.5 Å². The number of alkyl halides is 2. The minimum atomic E-state index is -0.226. The Balaban J connectivity index is 1.54. The van der Waals surface area contributed by atoms with Crippen LogP contribution in [0.2, 0.25) is 0 Å². The van der Waals surface area contributed by atoms with E-state index in [-0.39, 0.29) is 17.1 Å². The van der Waals surface area contributed by atoms with Crippen LogP contribution in [0.25, 0.3) is 10.9 Å². The molecular weight excluding hydrogens is 662 g/mol. The second-order valence-corrected chi connectivity index (χ2v) is 11.6. The van der Waals surface area contributed by atoms with Crippen molar-refractivity contribution in [3.8, 4) is 0 Å². The Bertz CT molecular complexity index is 1370. The number of nitrogens with one attached hydrogen (secondary N) is 2. The Morgan fingerprint density at radius 3 is 2.84 bits per heavy atom. The van der Waals surface area contributed by atoms with E-state index in [9.17, 15) is 9.18 Å². The highest BCUT2D eigenvalue weighted by Gasteiger charge is 2.40. The van der Waals surface area contributed by atoms with E-state index in [2.05, 4.69) is 82.0 Å². The van der Waals surface area contributed by atoms with E-state index in [0.717, 1.165) is 60.6 Å². The topological polar surface area (TPSA) is 73.4 Å². The number of hydrogen-bond donors (Lipinski definition) is 2. The van der Waals surface area contributed by atoms with Crippen molar-refractivity contribution in [1.82, 2.24) is 14.9 Å². The summed E-state index contributed by atoms with van der Waals surface area (Å²) < 4.78 is 14.6. The molecule has 1 atom stereocenters. The molecule has 2 aliphatic rings. The zero-order chi connectivity index (χ0) is 26.7. The summed E-state index contributed by atoms with van der Waals surface area (Å²) in [5.74, 6) is 0.192. The van der Waals surface area contributed by atoms with Gasteiger partial charge in [0.15, 0.2) is 0 Å². The Hall–Kier alpha value is -2.31. The number of amides is 1. The van der Waals surface area contributed by atoms with Gasteiger partial charge in [-0.05, 0) is 68.8 Å². The number of carbonyl (C=O) groups excluding carboxylic acids is 1. The number of aromatic nitrogens is 2. The molecule has 7 nitrogen and oxygen atoms in total. The van der Waals surface area contributed by atoms with Crippen LogP contribution in [0.5, 0.6) is 0 Å². The maximum atomic E-state index is 14.1. The molecule has 2 fully saturated rings. The third-order valence-corrected chi connectivity index (χ3v) is 8.65. The Labute approximate surface area is 244 Å². The first-order valence-corrected chi connectivity index (χ1v) is 15.4. The number of halogens is 3. The Morgan fingerprint density at radius 1 is 1.21 bits per heavy atom. The number of likely N-dealkylation sites (tertiary alicyclic amines) is 1. The summed E-state index contributed by atoms with van der Waals surface area (Å²) in [6.07, 6.45) is 8.38. The fourth-order valence-electron chi connectivity index (χ4n) is 5.68. The minimum Gasteiger partial charge on any atom is -0.369 e. The van der Waals surface area contributed by atoms with Gasteiger partial charge < -0.3 is 20.4 Å². The first-order valence-electron chi connectivity index (χ1n) is 12.8. The maximum Gasteiger partial charge on any atom is 0.248 e. The van der Waals surface area contributed by atoms with E-state index < -0.39 is 0 Å². The number of hydrogen-bond acceptors (Lipinski definition) is 6. The molecule has 0 bridgehead atoms. The molecule has 1 aromatic heterocycles. The van der Waals surface area contributed by atoms with Crippen LogP contribution in [-0.4, -0.2) is 59.3 Å². The van der Waals surface area contributed by atoms with Gasteiger partial charge in [0, 0.05) is 52.0 Å². The van der Waals surface area contributed by atoms with E-state index in [1.807, 2.05) is 6.07 Å². The van der Waals surface area contributed by atoms with Crippen molar-refractivity contribution < 1.29 is 9.18 Å². The molecule has 3 heterocycles. The zero-order valence-electron chi connectivity index (χ0n) is 21.3. The number of anilines is 4. The van der Waals surface area contributed by atoms with E-state index in [1.165, 1.54) is 31.3 Å². The Kier molecular flexibility index (Phi) is 8.49. The number of rotatable bonds is 7. The van der Waals surface area contributed by atoms with Gasteiger partial charge in [-0.25, -0.2) is 14.4 Å². The number of carbonyl (C=O) groups is 1. The van der Waals surface area contributed by atoms with E-state index in [0.29, 0.717) is 21.1 Å². The lowest BCUT2D eigenvalue weighted by Gasteiger charge is -2.42. The van der Waals surface area contributed by atoms with Gasteiger partial charge in [-0.15, -0.1) is 0 Å². The monoisotopic (exact) mass is 692 g/mol. The molecular formula is C28H31BrFIN6O. The quantitative estimate of drug-likeness (QED) is 0.173. The molecule has 0 radical (unpaired) electrons. The average Bonchev–Trinajstić information content (AvgIpc) is 3.27. The number of fused-ring (bicyclic) bond motifs is 1. The number of piperidine rings is 1. The van der Waals surface area contributed by atoms with Crippen molar-refractivity contribution in [1.29, 1.82) is 0 Å². The molecule has 1 spiro atoms. The van der Waals surface area contributed by atoms with Crippen molar-refractivity contribution in [2.45, 2.75) is 23.7 Å². The minimum absolute atomic E-state index is 0.186. The van der Waals surface area contributed by atoms with Crippen molar-refractivity contribution >= 4 is 78.2 Å². The molecule has 0 aliphatic carbocycles. The smallest absolute Gasteiger partial charge is 0.248 e. The molecule has 0 saturated carbocycles. The van der Waals surface area contributed by atoms with Crippen molar-refractivity contribution in [2.75, 3.05) is 54.1 Å². The number of nitrogens with zero attached hydrogens (tertiary/aromatic N) is 4. The lowest BCUT2D eigenvalue weighted by atomic mass is 9.79. The highest BCUT2D eigenvalue weighted by Crippen LogP contribution is 2.42. The molecule has 200 valence electrons. The molecule has 1 amide bonds. The SMILES string of the molecule is CN1CCC2(CCCN(c3cc4ncnc(Nc5ccc(F)c(CI)c5)c4cc3NC(=O)/C=C/CBr)C2)C1. The van der Waals surface area contributed by atoms with Crippen molar-refractivity contribution in [3.05, 3.63) is 60.2 Å². The highest BCUT2D eigenvalue weighted by atomic mass is 127. The predicted molar refractivity (Wildman–Crippen MR) is 165 cm³/mol. The zero-order valence-corrected chi connectivity index (χ0v) is 25.1. The lowest BCUT2D eigenvalue weighted by Crippen LogP contribution is -2.45. The highest BCUT2D eigenvalue weighted by molar-refractivity contribution is 14.1. The molecule has 10 heteroatoms. The van der Waals surface area contributed by atoms with Crippen LogP contribution < -0.4 is 15.5 Å². The summed E-state index contributed by atoms with van der Waals surface area (Å²) in [4.78, 5) is 26.7. The van der Waals surface area contributed by atoms with Gasteiger partial charge in [-0.1, -0.05) is 44.6 Å². The van der Waals surface area contributed by atoms with Crippen LogP contribution in [0.3, 0.4) is 0 Å². The number of allylic oxidation sites excluding steroid dienone is 1. The molecule has 2 N–H and O–H groups in total. The molecule has 2 aromatic carbocycles. The molecule has 5 rings (SSSR count). The first kappa shape index (κ1) is 27.3. The second-order valence-electron chi connectivity index (χ2n) is 10.2. The molecule has 3 aromatic rings. The average molecular weight is 693 g/mol. The van der Waals surface area contributed by atoms with Gasteiger partial charge in [0.25, 0.3) is 0 Å². The summed E-state index contributed by atoms with van der Waals surface area (Å²) in [7, 11) is 2.20. The standard InChI is InChI=1S/C28H31BrFIN6O/c1-36-11-8-28(16-36)7-3-10-37(17-28)25-14-23-21(13-24(25)35-26(38)4-2-9-29)27(33-18-32-23)34-20-5-6-22(30)19(12-20)15-31/h2,4-6,12-14,18H,3,7-11,15-17H2,1H3,(H,35,38)(H,32,33,34)/b4-2+. The normalized spacial score (nSPS) is 20.1. The largest absolute Gasteiger partial charge is 0.369 e. The third kappa shape index (κ3) is 5.96. The van der Waals surface area contributed by atoms with Crippen molar-refractivity contribution in [2.24, 2.45) is 5.41 Å². The van der Waals surface area contributed by atoms with Gasteiger partial charge in [0.2, 0.25) is 5.91 Å². The van der Waals surface area contributed by atoms with Crippen LogP contribution in [0.15, 0.2) is 48.8 Å². The maximum absolute atomic E-state index is 14.1. The summed E-state index contributed by atoms with van der Waals surface area (Å²) in [6, 6.07) is 8.98. The predicted octanol–water partition coefficient (Wildman–Crippen LogP) is 6.26. The van der Waals surface area contributed by atoms with Gasteiger partial charge in [-0.3, -0.25) is 4.79 Å². The van der Waals surface area contributed by atoms with Crippen LogP contribution in [0.4, 0.5) is 27.3 Å². The Morgan fingerprint density at radius 2 is 2.08 bits per heavy atom. The van der Waals surface area contributed by atoms with Crippen LogP contribution in [-0.2, 0) is 9.22 Å². The van der Waals surface area contributed by atoms with E-state index in [4.69, 9.17) is 0 Å². The summed E-state index contributed by atoms with van der Waals surface area (Å²) in [5, 5.41) is 7.83. The summed E-state index contributed by atoms with van der Waals surface area (Å²) in [5.41, 5.74) is 4.14. The summed E-state index contributed by atoms with van der Waals surface area (Å²) in [6.45, 7) is 4.10. The van der Waals surface area contributed by atoms with Crippen molar-refractivity contribution in [3.63, 3.8) is 0 Å². The van der Waals surface area contributed by atoms with Crippen LogP contribution in [0, 0.1) is 11.2 Å². The molecule has 38 heavy (non-hydrogen) atoms.